The van der Waals surface area contributed by atoms with Crippen molar-refractivity contribution in [3.8, 4) is 5.75 Å². The molecule has 0 radical (unpaired) electrons. The Bertz CT molecular complexity index is 786. The minimum Gasteiger partial charge on any atom is -0.494 e. The zero-order valence-corrected chi connectivity index (χ0v) is 14.7. The van der Waals surface area contributed by atoms with Crippen LogP contribution in [0.3, 0.4) is 0 Å². The number of carbonyl (C=O) groups is 1. The van der Waals surface area contributed by atoms with Crippen LogP contribution in [-0.4, -0.2) is 20.9 Å². The first-order valence-corrected chi connectivity index (χ1v) is 9.30. The lowest BCUT2D eigenvalue weighted by atomic mass is 10.1. The Labute approximate surface area is 146 Å². The summed E-state index contributed by atoms with van der Waals surface area (Å²) in [4.78, 5) is 11.9. The summed E-state index contributed by atoms with van der Waals surface area (Å²) in [5.74, 6) is 0.0179. The molecule has 0 fully saturated rings. The van der Waals surface area contributed by atoms with Crippen LogP contribution in [0.15, 0.2) is 53.4 Å². The van der Waals surface area contributed by atoms with Gasteiger partial charge in [0, 0.05) is 11.4 Å². The van der Waals surface area contributed by atoms with Gasteiger partial charge in [-0.25, -0.2) is 13.1 Å². The molecule has 0 aromatic heterocycles. The van der Waals surface area contributed by atoms with Gasteiger partial charge in [0.1, 0.15) is 5.75 Å². The highest BCUT2D eigenvalue weighted by Crippen LogP contribution is 2.16. The quantitative estimate of drug-likeness (QED) is 0.815. The van der Waals surface area contributed by atoms with E-state index in [9.17, 15) is 13.2 Å². The highest BCUT2D eigenvalue weighted by Gasteiger charge is 2.17. The van der Waals surface area contributed by atoms with Gasteiger partial charge in [0.15, 0.2) is 0 Å². The molecule has 0 aliphatic carbocycles. The van der Waals surface area contributed by atoms with Gasteiger partial charge in [-0.15, -0.1) is 0 Å². The van der Waals surface area contributed by atoms with Crippen molar-refractivity contribution in [1.29, 1.82) is 0 Å². The van der Waals surface area contributed by atoms with Gasteiger partial charge in [-0.05, 0) is 55.3 Å². The summed E-state index contributed by atoms with van der Waals surface area (Å²) in [5, 5.41) is 0.612. The molecule has 0 spiro atoms. The summed E-state index contributed by atoms with van der Waals surface area (Å²) in [5.41, 5.74) is 0.910. The van der Waals surface area contributed by atoms with E-state index in [1.54, 1.807) is 36.4 Å². The van der Waals surface area contributed by atoms with Crippen molar-refractivity contribution in [2.45, 2.75) is 24.7 Å². The highest BCUT2D eigenvalue weighted by atomic mass is 35.5. The molecule has 2 aromatic carbocycles. The average Bonchev–Trinajstić information content (AvgIpc) is 2.55. The van der Waals surface area contributed by atoms with E-state index < -0.39 is 15.9 Å². The normalized spacial score (nSPS) is 11.1. The largest absolute Gasteiger partial charge is 0.494 e. The number of amides is 1. The fourth-order valence-electron chi connectivity index (χ4n) is 2.05. The Morgan fingerprint density at radius 2 is 1.71 bits per heavy atom. The third-order valence-electron chi connectivity index (χ3n) is 3.25. The highest BCUT2D eigenvalue weighted by molar-refractivity contribution is 7.90. The lowest BCUT2D eigenvalue weighted by Crippen LogP contribution is -2.30. The lowest BCUT2D eigenvalue weighted by molar-refractivity contribution is -0.119. The van der Waals surface area contributed by atoms with Gasteiger partial charge in [-0.1, -0.05) is 23.7 Å². The first-order valence-electron chi connectivity index (χ1n) is 7.43. The molecule has 0 saturated carbocycles. The van der Waals surface area contributed by atoms with Crippen molar-refractivity contribution in [1.82, 2.24) is 4.72 Å². The van der Waals surface area contributed by atoms with Crippen LogP contribution in [0.4, 0.5) is 0 Å². The van der Waals surface area contributed by atoms with Crippen LogP contribution in [0.5, 0.6) is 5.75 Å². The molecule has 0 atom stereocenters. The lowest BCUT2D eigenvalue weighted by Gasteiger charge is -2.08. The number of hydrogen-bond acceptors (Lipinski definition) is 4. The molecule has 0 aliphatic rings. The summed E-state index contributed by atoms with van der Waals surface area (Å²) in [6.07, 6.45) is 0.500. The summed E-state index contributed by atoms with van der Waals surface area (Å²) < 4.78 is 31.7. The molecule has 0 heterocycles. The molecule has 1 amide bonds. The molecule has 2 rings (SSSR count). The van der Waals surface area contributed by atoms with Crippen LogP contribution in [0, 0.1) is 0 Å². The summed E-state index contributed by atoms with van der Waals surface area (Å²) in [7, 11) is -3.88. The number of hydrogen-bond donors (Lipinski definition) is 1. The van der Waals surface area contributed by atoms with Crippen molar-refractivity contribution < 1.29 is 17.9 Å². The number of benzene rings is 2. The van der Waals surface area contributed by atoms with Crippen molar-refractivity contribution >= 4 is 27.5 Å². The van der Waals surface area contributed by atoms with E-state index in [-0.39, 0.29) is 11.3 Å². The molecule has 0 saturated heterocycles. The van der Waals surface area contributed by atoms with Crippen LogP contribution in [0.1, 0.15) is 18.9 Å². The van der Waals surface area contributed by atoms with Crippen molar-refractivity contribution in [3.63, 3.8) is 0 Å². The fourth-order valence-corrected chi connectivity index (χ4v) is 3.19. The minimum atomic E-state index is -3.88. The van der Waals surface area contributed by atoms with E-state index in [1.165, 1.54) is 12.1 Å². The number of halogens is 1. The number of rotatable bonds is 7. The average molecular weight is 368 g/mol. The maximum atomic E-state index is 12.2. The minimum absolute atomic E-state index is 0.0193. The second-order valence-electron chi connectivity index (χ2n) is 5.06. The Kier molecular flexibility index (Phi) is 6.23. The number of nitrogens with one attached hydrogen (secondary N) is 1. The SMILES string of the molecule is CCOc1ccc(S(=O)(=O)NC(=O)CCc2ccc(Cl)cc2)cc1. The van der Waals surface area contributed by atoms with Gasteiger partial charge >= 0.3 is 0 Å². The Morgan fingerprint density at radius 1 is 1.08 bits per heavy atom. The summed E-state index contributed by atoms with van der Waals surface area (Å²) in [6, 6.07) is 13.0. The number of carbonyl (C=O) groups excluding carboxylic acids is 1. The smallest absolute Gasteiger partial charge is 0.264 e. The van der Waals surface area contributed by atoms with Gasteiger partial charge in [-0.2, -0.15) is 0 Å². The maximum Gasteiger partial charge on any atom is 0.264 e. The molecule has 0 unspecified atom stereocenters. The van der Waals surface area contributed by atoms with E-state index in [2.05, 4.69) is 4.72 Å². The van der Waals surface area contributed by atoms with Gasteiger partial charge < -0.3 is 4.74 Å². The van der Waals surface area contributed by atoms with Gasteiger partial charge in [0.05, 0.1) is 11.5 Å². The Balaban J connectivity index is 1.95. The van der Waals surface area contributed by atoms with Crippen LogP contribution in [0.2, 0.25) is 5.02 Å². The van der Waals surface area contributed by atoms with Crippen molar-refractivity contribution in [3.05, 3.63) is 59.1 Å². The molecular formula is C17H18ClNO4S. The number of aryl methyl sites for hydroxylation is 1. The summed E-state index contributed by atoms with van der Waals surface area (Å²) >= 11 is 5.79. The number of sulfonamides is 1. The molecule has 2 aromatic rings. The van der Waals surface area contributed by atoms with Crippen molar-refractivity contribution in [2.75, 3.05) is 6.61 Å². The van der Waals surface area contributed by atoms with Crippen LogP contribution in [-0.2, 0) is 21.2 Å². The zero-order valence-electron chi connectivity index (χ0n) is 13.2. The van der Waals surface area contributed by atoms with Crippen LogP contribution < -0.4 is 9.46 Å². The molecule has 1 N–H and O–H groups in total. The molecule has 128 valence electrons. The first-order chi connectivity index (χ1) is 11.4. The van der Waals surface area contributed by atoms with Gasteiger partial charge in [0.25, 0.3) is 10.0 Å². The molecule has 7 heteroatoms. The third kappa shape index (κ3) is 5.25. The van der Waals surface area contributed by atoms with E-state index in [4.69, 9.17) is 16.3 Å². The van der Waals surface area contributed by atoms with E-state index in [0.29, 0.717) is 23.8 Å². The topological polar surface area (TPSA) is 72.5 Å². The van der Waals surface area contributed by atoms with Crippen LogP contribution in [0.25, 0.3) is 0 Å². The van der Waals surface area contributed by atoms with E-state index in [0.717, 1.165) is 5.56 Å². The van der Waals surface area contributed by atoms with Crippen molar-refractivity contribution in [2.24, 2.45) is 0 Å². The standard InChI is InChI=1S/C17H18ClNO4S/c1-2-23-15-8-10-16(11-9-15)24(21,22)19-17(20)12-5-13-3-6-14(18)7-4-13/h3-4,6-11H,2,5,12H2,1H3,(H,19,20). The second-order valence-corrected chi connectivity index (χ2v) is 7.18. The number of ether oxygens (including phenoxy) is 1. The maximum absolute atomic E-state index is 12.2. The predicted octanol–water partition coefficient (Wildman–Crippen LogP) is 3.18. The second kappa shape index (κ2) is 8.17. The first kappa shape index (κ1) is 18.3. The summed E-state index contributed by atoms with van der Waals surface area (Å²) in [6.45, 7) is 2.33. The molecule has 5 nitrogen and oxygen atoms in total. The Hall–Kier alpha value is -2.05. The fraction of sp³-hybridized carbons (Fsp3) is 0.235. The van der Waals surface area contributed by atoms with Gasteiger partial charge in [0.2, 0.25) is 5.91 Å². The molecular weight excluding hydrogens is 350 g/mol. The van der Waals surface area contributed by atoms with Crippen LogP contribution >= 0.6 is 11.6 Å². The zero-order chi connectivity index (χ0) is 17.6. The third-order valence-corrected chi connectivity index (χ3v) is 4.89. The molecule has 0 aliphatic heterocycles. The molecule has 24 heavy (non-hydrogen) atoms. The van der Waals surface area contributed by atoms with E-state index >= 15 is 0 Å². The van der Waals surface area contributed by atoms with E-state index in [1.807, 2.05) is 6.92 Å². The predicted molar refractivity (Wildman–Crippen MR) is 92.7 cm³/mol. The monoisotopic (exact) mass is 367 g/mol. The van der Waals surface area contributed by atoms with Gasteiger partial charge in [-0.3, -0.25) is 4.79 Å². The molecule has 0 bridgehead atoms. The Morgan fingerprint density at radius 3 is 2.29 bits per heavy atom.